The average Bonchev–Trinajstić information content (AvgIpc) is 2.38. The summed E-state index contributed by atoms with van der Waals surface area (Å²) in [7, 11) is 1.68. The molecule has 0 N–H and O–H groups in total. The lowest BCUT2D eigenvalue weighted by Crippen LogP contribution is -2.35. The molecule has 0 spiro atoms. The van der Waals surface area contributed by atoms with Crippen molar-refractivity contribution in [3.63, 3.8) is 0 Å². The van der Waals surface area contributed by atoms with E-state index >= 15 is 0 Å². The van der Waals surface area contributed by atoms with Crippen LogP contribution < -0.4 is 4.74 Å². The summed E-state index contributed by atoms with van der Waals surface area (Å²) in [6.45, 7) is 4.34. The smallest absolute Gasteiger partial charge is 0.320 e. The molecule has 0 bridgehead atoms. The van der Waals surface area contributed by atoms with Crippen molar-refractivity contribution in [2.24, 2.45) is 0 Å². The fourth-order valence-corrected chi connectivity index (χ4v) is 2.24. The number of esters is 1. The van der Waals surface area contributed by atoms with Crippen LogP contribution in [0.2, 0.25) is 0 Å². The number of hydrogen-bond acceptors (Lipinski definition) is 4. The summed E-state index contributed by atoms with van der Waals surface area (Å²) in [5, 5.41) is 0. The van der Waals surface area contributed by atoms with Gasteiger partial charge in [0.1, 0.15) is 5.75 Å². The van der Waals surface area contributed by atoms with Crippen LogP contribution in [0.5, 0.6) is 5.75 Å². The van der Waals surface area contributed by atoms with Crippen LogP contribution in [0.15, 0.2) is 18.2 Å². The standard InChI is InChI=1S/C14H19NO3/c1-3-18-14(16)10-15-7-6-11-8-13(17-2)5-4-12(11)9-15/h4-5,8H,3,6-7,9-10H2,1-2H3. The van der Waals surface area contributed by atoms with Crippen LogP contribution in [0, 0.1) is 0 Å². The fourth-order valence-electron chi connectivity index (χ4n) is 2.24. The summed E-state index contributed by atoms with van der Waals surface area (Å²) in [6, 6.07) is 6.12. The Morgan fingerprint density at radius 2 is 2.22 bits per heavy atom. The molecule has 0 amide bonds. The van der Waals surface area contributed by atoms with Crippen LogP contribution in [-0.4, -0.2) is 37.7 Å². The Balaban J connectivity index is 1.99. The topological polar surface area (TPSA) is 38.8 Å². The van der Waals surface area contributed by atoms with Gasteiger partial charge in [-0.15, -0.1) is 0 Å². The molecule has 0 saturated carbocycles. The summed E-state index contributed by atoms with van der Waals surface area (Å²) in [5.74, 6) is 0.752. The minimum Gasteiger partial charge on any atom is -0.497 e. The van der Waals surface area contributed by atoms with Crippen molar-refractivity contribution in [2.45, 2.75) is 19.9 Å². The second kappa shape index (κ2) is 5.87. The summed E-state index contributed by atoms with van der Waals surface area (Å²) in [6.07, 6.45) is 0.950. The van der Waals surface area contributed by atoms with Gasteiger partial charge in [0.05, 0.1) is 20.3 Å². The van der Waals surface area contributed by atoms with Gasteiger partial charge in [-0.3, -0.25) is 9.69 Å². The Morgan fingerprint density at radius 1 is 1.39 bits per heavy atom. The van der Waals surface area contributed by atoms with Crippen LogP contribution in [-0.2, 0) is 22.5 Å². The van der Waals surface area contributed by atoms with E-state index in [2.05, 4.69) is 17.0 Å². The Kier molecular flexibility index (Phi) is 4.20. The minimum absolute atomic E-state index is 0.144. The van der Waals surface area contributed by atoms with E-state index in [1.165, 1.54) is 11.1 Å². The van der Waals surface area contributed by atoms with E-state index < -0.39 is 0 Å². The molecule has 18 heavy (non-hydrogen) atoms. The van der Waals surface area contributed by atoms with Gasteiger partial charge in [-0.25, -0.2) is 0 Å². The molecule has 98 valence electrons. The highest BCUT2D eigenvalue weighted by Crippen LogP contribution is 2.23. The first-order valence-electron chi connectivity index (χ1n) is 6.26. The predicted molar refractivity (Wildman–Crippen MR) is 68.6 cm³/mol. The lowest BCUT2D eigenvalue weighted by Gasteiger charge is -2.28. The lowest BCUT2D eigenvalue weighted by atomic mass is 9.99. The molecule has 1 aliphatic heterocycles. The van der Waals surface area contributed by atoms with Crippen molar-refractivity contribution < 1.29 is 14.3 Å². The third-order valence-corrected chi connectivity index (χ3v) is 3.16. The molecule has 0 atom stereocenters. The van der Waals surface area contributed by atoms with Crippen LogP contribution >= 0.6 is 0 Å². The number of methoxy groups -OCH3 is 1. The maximum Gasteiger partial charge on any atom is 0.320 e. The van der Waals surface area contributed by atoms with Gasteiger partial charge < -0.3 is 9.47 Å². The molecule has 0 radical (unpaired) electrons. The fraction of sp³-hybridized carbons (Fsp3) is 0.500. The first-order chi connectivity index (χ1) is 8.72. The van der Waals surface area contributed by atoms with Crippen molar-refractivity contribution in [3.8, 4) is 5.75 Å². The van der Waals surface area contributed by atoms with Gasteiger partial charge in [0.15, 0.2) is 0 Å². The molecule has 1 aromatic rings. The maximum absolute atomic E-state index is 11.4. The molecule has 1 aliphatic rings. The van der Waals surface area contributed by atoms with E-state index in [9.17, 15) is 4.79 Å². The second-order valence-corrected chi connectivity index (χ2v) is 4.40. The molecule has 0 fully saturated rings. The predicted octanol–water partition coefficient (Wildman–Crippen LogP) is 1.62. The van der Waals surface area contributed by atoms with Crippen molar-refractivity contribution in [1.29, 1.82) is 0 Å². The van der Waals surface area contributed by atoms with Gasteiger partial charge in [-0.2, -0.15) is 0 Å². The van der Waals surface area contributed by atoms with Gasteiger partial charge in [0.25, 0.3) is 0 Å². The van der Waals surface area contributed by atoms with Crippen molar-refractivity contribution in [2.75, 3.05) is 26.8 Å². The summed E-state index contributed by atoms with van der Waals surface area (Å²) in [5.41, 5.74) is 2.58. The van der Waals surface area contributed by atoms with E-state index in [0.29, 0.717) is 13.2 Å². The third kappa shape index (κ3) is 3.01. The lowest BCUT2D eigenvalue weighted by molar-refractivity contribution is -0.144. The van der Waals surface area contributed by atoms with Crippen molar-refractivity contribution in [3.05, 3.63) is 29.3 Å². The van der Waals surface area contributed by atoms with E-state index in [4.69, 9.17) is 9.47 Å². The number of carbonyl (C=O) groups is 1. The highest BCUT2D eigenvalue weighted by Gasteiger charge is 2.19. The van der Waals surface area contributed by atoms with Crippen LogP contribution in [0.1, 0.15) is 18.1 Å². The zero-order valence-corrected chi connectivity index (χ0v) is 10.9. The van der Waals surface area contributed by atoms with Crippen LogP contribution in [0.3, 0.4) is 0 Å². The number of rotatable bonds is 4. The molecule has 0 aromatic heterocycles. The Labute approximate surface area is 107 Å². The quantitative estimate of drug-likeness (QED) is 0.760. The Morgan fingerprint density at radius 3 is 2.94 bits per heavy atom. The average molecular weight is 249 g/mol. The SMILES string of the molecule is CCOC(=O)CN1CCc2cc(OC)ccc2C1. The molecule has 0 saturated heterocycles. The number of nitrogens with zero attached hydrogens (tertiary/aromatic N) is 1. The van der Waals surface area contributed by atoms with Crippen molar-refractivity contribution in [1.82, 2.24) is 4.90 Å². The molecule has 2 rings (SSSR count). The normalized spacial score (nSPS) is 15.0. The Hall–Kier alpha value is -1.55. The number of hydrogen-bond donors (Lipinski definition) is 0. The molecule has 1 aromatic carbocycles. The molecule has 0 aliphatic carbocycles. The van der Waals surface area contributed by atoms with E-state index in [0.717, 1.165) is 25.3 Å². The van der Waals surface area contributed by atoms with Gasteiger partial charge in [0, 0.05) is 13.1 Å². The molecule has 0 unspecified atom stereocenters. The zero-order chi connectivity index (χ0) is 13.0. The molecule has 4 nitrogen and oxygen atoms in total. The second-order valence-electron chi connectivity index (χ2n) is 4.40. The maximum atomic E-state index is 11.4. The van der Waals surface area contributed by atoms with Gasteiger partial charge >= 0.3 is 5.97 Å². The van der Waals surface area contributed by atoms with E-state index in [1.807, 2.05) is 13.0 Å². The number of benzene rings is 1. The molecular weight excluding hydrogens is 230 g/mol. The summed E-state index contributed by atoms with van der Waals surface area (Å²) >= 11 is 0. The molecule has 4 heteroatoms. The van der Waals surface area contributed by atoms with E-state index in [-0.39, 0.29) is 5.97 Å². The molecule has 1 heterocycles. The van der Waals surface area contributed by atoms with E-state index in [1.54, 1.807) is 7.11 Å². The zero-order valence-electron chi connectivity index (χ0n) is 10.9. The summed E-state index contributed by atoms with van der Waals surface area (Å²) < 4.78 is 10.2. The monoisotopic (exact) mass is 249 g/mol. The van der Waals surface area contributed by atoms with Crippen LogP contribution in [0.4, 0.5) is 0 Å². The highest BCUT2D eigenvalue weighted by molar-refractivity contribution is 5.71. The first kappa shape index (κ1) is 12.9. The van der Waals surface area contributed by atoms with Gasteiger partial charge in [-0.05, 0) is 36.6 Å². The largest absolute Gasteiger partial charge is 0.497 e. The number of carbonyl (C=O) groups excluding carboxylic acids is 1. The number of fused-ring (bicyclic) bond motifs is 1. The first-order valence-corrected chi connectivity index (χ1v) is 6.26. The molecular formula is C14H19NO3. The van der Waals surface area contributed by atoms with Gasteiger partial charge in [-0.1, -0.05) is 6.07 Å². The van der Waals surface area contributed by atoms with Crippen LogP contribution in [0.25, 0.3) is 0 Å². The third-order valence-electron chi connectivity index (χ3n) is 3.16. The summed E-state index contributed by atoms with van der Waals surface area (Å²) in [4.78, 5) is 13.6. The number of ether oxygens (including phenoxy) is 2. The van der Waals surface area contributed by atoms with Crippen molar-refractivity contribution >= 4 is 5.97 Å². The highest BCUT2D eigenvalue weighted by atomic mass is 16.5. The minimum atomic E-state index is -0.144. The van der Waals surface area contributed by atoms with Gasteiger partial charge in [0.2, 0.25) is 0 Å². The Bertz CT molecular complexity index is 431.